The zero-order valence-corrected chi connectivity index (χ0v) is 11.5. The van der Waals surface area contributed by atoms with Crippen LogP contribution in [0.4, 0.5) is 5.69 Å². The molecule has 0 heterocycles. The smallest absolute Gasteiger partial charge is 0.136 e. The molecule has 0 aliphatic rings. The van der Waals surface area contributed by atoms with Crippen molar-refractivity contribution in [2.24, 2.45) is 4.99 Å². The van der Waals surface area contributed by atoms with Crippen LogP contribution < -0.4 is 9.47 Å². The van der Waals surface area contributed by atoms with Crippen LogP contribution in [0.3, 0.4) is 0 Å². The van der Waals surface area contributed by atoms with Crippen LogP contribution >= 0.6 is 11.6 Å². The summed E-state index contributed by atoms with van der Waals surface area (Å²) in [4.78, 5) is 4.35. The van der Waals surface area contributed by atoms with E-state index >= 15 is 0 Å². The molecule has 0 saturated heterocycles. The van der Waals surface area contributed by atoms with E-state index in [9.17, 15) is 0 Å². The van der Waals surface area contributed by atoms with Crippen LogP contribution in [0.2, 0.25) is 0 Å². The molecule has 2 aromatic carbocycles. The van der Waals surface area contributed by atoms with Gasteiger partial charge in [0.05, 0.1) is 19.9 Å². The standard InChI is InChI=1S/C15H14ClNO2/c1-18-13-7-3-11(4-8-13)15(16)17-12-5-9-14(19-2)10-6-12/h3-10H,1-2H3. The molecule has 2 aromatic rings. The van der Waals surface area contributed by atoms with Gasteiger partial charge in [-0.3, -0.25) is 0 Å². The quantitative estimate of drug-likeness (QED) is 0.789. The van der Waals surface area contributed by atoms with E-state index in [0.717, 1.165) is 22.7 Å². The molecule has 0 saturated carbocycles. The second kappa shape index (κ2) is 6.25. The lowest BCUT2D eigenvalue weighted by molar-refractivity contribution is 0.414. The maximum Gasteiger partial charge on any atom is 0.136 e. The molecule has 4 heteroatoms. The fourth-order valence-corrected chi connectivity index (χ4v) is 1.79. The Morgan fingerprint density at radius 1 is 0.842 bits per heavy atom. The Labute approximate surface area is 117 Å². The lowest BCUT2D eigenvalue weighted by Gasteiger charge is -2.03. The molecule has 0 bridgehead atoms. The summed E-state index contributed by atoms with van der Waals surface area (Å²) in [6.07, 6.45) is 0. The molecule has 0 radical (unpaired) electrons. The van der Waals surface area contributed by atoms with E-state index in [-0.39, 0.29) is 0 Å². The summed E-state index contributed by atoms with van der Waals surface area (Å²) >= 11 is 6.19. The Hall–Kier alpha value is -2.00. The number of methoxy groups -OCH3 is 2. The lowest BCUT2D eigenvalue weighted by Crippen LogP contribution is -1.91. The van der Waals surface area contributed by atoms with Crippen LogP contribution in [0, 0.1) is 0 Å². The minimum Gasteiger partial charge on any atom is -0.497 e. The maximum absolute atomic E-state index is 6.19. The van der Waals surface area contributed by atoms with Crippen molar-refractivity contribution in [3.63, 3.8) is 0 Å². The van der Waals surface area contributed by atoms with E-state index < -0.39 is 0 Å². The van der Waals surface area contributed by atoms with E-state index in [1.807, 2.05) is 48.5 Å². The summed E-state index contributed by atoms with van der Waals surface area (Å²) in [6.45, 7) is 0. The predicted molar refractivity (Wildman–Crippen MR) is 78.0 cm³/mol. The molecule has 0 fully saturated rings. The fourth-order valence-electron chi connectivity index (χ4n) is 1.56. The summed E-state index contributed by atoms with van der Waals surface area (Å²) in [5.74, 6) is 1.58. The van der Waals surface area contributed by atoms with Crippen molar-refractivity contribution in [1.82, 2.24) is 0 Å². The van der Waals surface area contributed by atoms with Crippen molar-refractivity contribution in [3.8, 4) is 11.5 Å². The molecule has 0 aliphatic heterocycles. The van der Waals surface area contributed by atoms with Gasteiger partial charge in [0, 0.05) is 5.56 Å². The van der Waals surface area contributed by atoms with E-state index in [2.05, 4.69) is 4.99 Å². The first kappa shape index (κ1) is 13.4. The molecule has 0 unspecified atom stereocenters. The third kappa shape index (κ3) is 3.48. The van der Waals surface area contributed by atoms with Crippen molar-refractivity contribution in [1.29, 1.82) is 0 Å². The largest absolute Gasteiger partial charge is 0.497 e. The van der Waals surface area contributed by atoms with Gasteiger partial charge in [-0.2, -0.15) is 0 Å². The molecular weight excluding hydrogens is 262 g/mol. The average Bonchev–Trinajstić information content (AvgIpc) is 2.48. The molecule has 98 valence electrons. The van der Waals surface area contributed by atoms with Crippen LogP contribution in [0.15, 0.2) is 53.5 Å². The molecule has 3 nitrogen and oxygen atoms in total. The lowest BCUT2D eigenvalue weighted by atomic mass is 10.2. The van der Waals surface area contributed by atoms with Gasteiger partial charge < -0.3 is 9.47 Å². The number of rotatable bonds is 4. The van der Waals surface area contributed by atoms with E-state index in [0.29, 0.717) is 5.17 Å². The van der Waals surface area contributed by atoms with Crippen LogP contribution in [0.5, 0.6) is 11.5 Å². The van der Waals surface area contributed by atoms with Crippen LogP contribution in [0.25, 0.3) is 0 Å². The molecule has 0 N–H and O–H groups in total. The van der Waals surface area contributed by atoms with Crippen molar-refractivity contribution in [2.45, 2.75) is 0 Å². The first-order valence-corrected chi connectivity index (χ1v) is 6.13. The zero-order chi connectivity index (χ0) is 13.7. The number of hydrogen-bond acceptors (Lipinski definition) is 3. The van der Waals surface area contributed by atoms with Crippen molar-refractivity contribution in [3.05, 3.63) is 54.1 Å². The van der Waals surface area contributed by atoms with Gasteiger partial charge in [0.25, 0.3) is 0 Å². The number of nitrogens with zero attached hydrogens (tertiary/aromatic N) is 1. The van der Waals surface area contributed by atoms with E-state index in [1.165, 1.54) is 0 Å². The summed E-state index contributed by atoms with van der Waals surface area (Å²) in [6, 6.07) is 14.8. The normalized spacial score (nSPS) is 11.2. The van der Waals surface area contributed by atoms with Gasteiger partial charge in [-0.1, -0.05) is 11.6 Å². The van der Waals surface area contributed by atoms with Gasteiger partial charge in [0.15, 0.2) is 0 Å². The summed E-state index contributed by atoms with van der Waals surface area (Å²) in [5, 5.41) is 0.438. The Balaban J connectivity index is 2.20. The van der Waals surface area contributed by atoms with Gasteiger partial charge in [-0.25, -0.2) is 4.99 Å². The first-order valence-electron chi connectivity index (χ1n) is 5.75. The topological polar surface area (TPSA) is 30.8 Å². The van der Waals surface area contributed by atoms with Gasteiger partial charge >= 0.3 is 0 Å². The van der Waals surface area contributed by atoms with Gasteiger partial charge in [0.1, 0.15) is 16.7 Å². The van der Waals surface area contributed by atoms with Crippen LogP contribution in [-0.4, -0.2) is 19.4 Å². The molecule has 2 rings (SSSR count). The Morgan fingerprint density at radius 2 is 1.32 bits per heavy atom. The molecule has 0 aromatic heterocycles. The number of halogens is 1. The molecule has 0 spiro atoms. The average molecular weight is 276 g/mol. The highest BCUT2D eigenvalue weighted by Gasteiger charge is 2.01. The fraction of sp³-hybridized carbons (Fsp3) is 0.133. The monoisotopic (exact) mass is 275 g/mol. The van der Waals surface area contributed by atoms with E-state index in [4.69, 9.17) is 21.1 Å². The molecule has 0 amide bonds. The third-order valence-corrected chi connectivity index (χ3v) is 2.93. The van der Waals surface area contributed by atoms with Crippen molar-refractivity contribution in [2.75, 3.05) is 14.2 Å². The number of benzene rings is 2. The highest BCUT2D eigenvalue weighted by Crippen LogP contribution is 2.20. The minimum atomic E-state index is 0.438. The van der Waals surface area contributed by atoms with Crippen LogP contribution in [-0.2, 0) is 0 Å². The molecule has 19 heavy (non-hydrogen) atoms. The second-order valence-electron chi connectivity index (χ2n) is 3.83. The molecular formula is C15H14ClNO2. The first-order chi connectivity index (χ1) is 9.22. The number of aliphatic imine (C=N–C) groups is 1. The maximum atomic E-state index is 6.19. The van der Waals surface area contributed by atoms with Crippen molar-refractivity contribution < 1.29 is 9.47 Å². The summed E-state index contributed by atoms with van der Waals surface area (Å²) in [7, 11) is 3.25. The van der Waals surface area contributed by atoms with E-state index in [1.54, 1.807) is 14.2 Å². The zero-order valence-electron chi connectivity index (χ0n) is 10.8. The number of ether oxygens (including phenoxy) is 2. The minimum absolute atomic E-state index is 0.438. The SMILES string of the molecule is COc1ccc(N=C(Cl)c2ccc(OC)cc2)cc1. The van der Waals surface area contributed by atoms with Gasteiger partial charge in [-0.15, -0.1) is 0 Å². The van der Waals surface area contributed by atoms with Crippen molar-refractivity contribution >= 4 is 22.5 Å². The number of hydrogen-bond donors (Lipinski definition) is 0. The predicted octanol–water partition coefficient (Wildman–Crippen LogP) is 4.02. The van der Waals surface area contributed by atoms with Crippen LogP contribution in [0.1, 0.15) is 5.56 Å². The Kier molecular flexibility index (Phi) is 4.42. The Bertz CT molecular complexity index is 562. The Morgan fingerprint density at radius 3 is 1.79 bits per heavy atom. The van der Waals surface area contributed by atoms with Gasteiger partial charge in [0.2, 0.25) is 0 Å². The highest BCUT2D eigenvalue weighted by atomic mass is 35.5. The summed E-state index contributed by atoms with van der Waals surface area (Å²) < 4.78 is 10.2. The second-order valence-corrected chi connectivity index (χ2v) is 4.19. The third-order valence-electron chi connectivity index (χ3n) is 2.63. The molecule has 0 aliphatic carbocycles. The summed E-state index contributed by atoms with van der Waals surface area (Å²) in [5.41, 5.74) is 1.62. The highest BCUT2D eigenvalue weighted by molar-refractivity contribution is 6.69. The molecule has 0 atom stereocenters. The van der Waals surface area contributed by atoms with Gasteiger partial charge in [-0.05, 0) is 48.5 Å².